The molecule has 0 radical (unpaired) electrons. The first-order chi connectivity index (χ1) is 12.0. The summed E-state index contributed by atoms with van der Waals surface area (Å²) in [6, 6.07) is 7.34. The molecule has 0 N–H and O–H groups in total. The Bertz CT molecular complexity index is 660. The Balaban J connectivity index is 1.81. The van der Waals surface area contributed by atoms with E-state index in [2.05, 4.69) is 4.99 Å². The van der Waals surface area contributed by atoms with E-state index in [-0.39, 0.29) is 30.3 Å². The molecule has 1 heterocycles. The standard InChI is InChI=1S/C20H24ClNO3/c1-13-19(20(24)25-16-6-4-2-3-5-7-16)17(12-18(23)22-13)14-8-10-15(21)11-9-14/h8-11,16-17,19H,2-7,12H2,1H3. The largest absolute Gasteiger partial charge is 0.462 e. The fourth-order valence-corrected chi connectivity index (χ4v) is 3.99. The highest BCUT2D eigenvalue weighted by Gasteiger charge is 2.39. The summed E-state index contributed by atoms with van der Waals surface area (Å²) in [6.45, 7) is 1.75. The van der Waals surface area contributed by atoms with Crippen molar-refractivity contribution in [3.05, 3.63) is 34.9 Å². The molecule has 4 nitrogen and oxygen atoms in total. The Hall–Kier alpha value is -1.68. The lowest BCUT2D eigenvalue weighted by atomic mass is 9.79. The zero-order valence-corrected chi connectivity index (χ0v) is 15.3. The lowest BCUT2D eigenvalue weighted by Crippen LogP contribution is -2.37. The molecule has 25 heavy (non-hydrogen) atoms. The van der Waals surface area contributed by atoms with Crippen molar-refractivity contribution in [3.8, 4) is 0 Å². The van der Waals surface area contributed by atoms with Gasteiger partial charge in [-0.15, -0.1) is 0 Å². The fraction of sp³-hybridized carbons (Fsp3) is 0.550. The van der Waals surface area contributed by atoms with Crippen molar-refractivity contribution >= 4 is 29.2 Å². The third kappa shape index (κ3) is 4.49. The lowest BCUT2D eigenvalue weighted by Gasteiger charge is -2.30. The van der Waals surface area contributed by atoms with Crippen LogP contribution in [0.5, 0.6) is 0 Å². The Labute approximate surface area is 153 Å². The summed E-state index contributed by atoms with van der Waals surface area (Å²) in [5, 5.41) is 0.633. The Morgan fingerprint density at radius 2 is 1.76 bits per heavy atom. The van der Waals surface area contributed by atoms with Crippen LogP contribution in [0, 0.1) is 5.92 Å². The quantitative estimate of drug-likeness (QED) is 0.579. The van der Waals surface area contributed by atoms with Crippen LogP contribution in [0.2, 0.25) is 5.02 Å². The maximum absolute atomic E-state index is 12.9. The van der Waals surface area contributed by atoms with E-state index in [0.717, 1.165) is 31.2 Å². The molecule has 0 bridgehead atoms. The van der Waals surface area contributed by atoms with E-state index in [0.29, 0.717) is 10.7 Å². The number of nitrogens with zero attached hydrogens (tertiary/aromatic N) is 1. The average Bonchev–Trinajstić information content (AvgIpc) is 2.83. The summed E-state index contributed by atoms with van der Waals surface area (Å²) in [5.41, 5.74) is 1.48. The first-order valence-corrected chi connectivity index (χ1v) is 9.46. The van der Waals surface area contributed by atoms with E-state index in [9.17, 15) is 9.59 Å². The van der Waals surface area contributed by atoms with E-state index in [1.807, 2.05) is 12.1 Å². The maximum Gasteiger partial charge on any atom is 0.315 e. The summed E-state index contributed by atoms with van der Waals surface area (Å²) in [7, 11) is 0. The molecular formula is C20H24ClNO3. The smallest absolute Gasteiger partial charge is 0.315 e. The van der Waals surface area contributed by atoms with Crippen LogP contribution in [0.15, 0.2) is 29.3 Å². The van der Waals surface area contributed by atoms with Crippen molar-refractivity contribution in [2.45, 2.75) is 63.9 Å². The van der Waals surface area contributed by atoms with E-state index in [1.165, 1.54) is 12.8 Å². The Morgan fingerprint density at radius 1 is 1.12 bits per heavy atom. The second-order valence-corrected chi connectivity index (χ2v) is 7.47. The van der Waals surface area contributed by atoms with Gasteiger partial charge in [-0.3, -0.25) is 9.59 Å². The van der Waals surface area contributed by atoms with Crippen LogP contribution in [0.4, 0.5) is 0 Å². The average molecular weight is 362 g/mol. The third-order valence-corrected chi connectivity index (χ3v) is 5.44. The molecule has 1 saturated carbocycles. The third-order valence-electron chi connectivity index (χ3n) is 5.19. The molecule has 1 aliphatic heterocycles. The number of hydrogen-bond acceptors (Lipinski definition) is 3. The molecule has 1 aliphatic carbocycles. The molecule has 1 fully saturated rings. The van der Waals surface area contributed by atoms with E-state index >= 15 is 0 Å². The normalized spacial score (nSPS) is 25.2. The number of ether oxygens (including phenoxy) is 1. The maximum atomic E-state index is 12.9. The molecule has 1 aromatic rings. The van der Waals surface area contributed by atoms with Gasteiger partial charge in [0.2, 0.25) is 5.91 Å². The number of carbonyl (C=O) groups excluding carboxylic acids is 2. The van der Waals surface area contributed by atoms with Gasteiger partial charge >= 0.3 is 5.97 Å². The first-order valence-electron chi connectivity index (χ1n) is 9.08. The Morgan fingerprint density at radius 3 is 2.40 bits per heavy atom. The molecule has 2 atom stereocenters. The molecule has 2 unspecified atom stereocenters. The summed E-state index contributed by atoms with van der Waals surface area (Å²) in [6.07, 6.45) is 6.71. The number of esters is 1. The molecule has 3 rings (SSSR count). The molecule has 1 aromatic carbocycles. The SMILES string of the molecule is CC1=NC(=O)CC(c2ccc(Cl)cc2)C1C(=O)OC1CCCCCC1. The number of benzene rings is 1. The van der Waals surface area contributed by atoms with Gasteiger partial charge in [0.15, 0.2) is 0 Å². The number of carbonyl (C=O) groups is 2. The minimum atomic E-state index is -0.498. The van der Waals surface area contributed by atoms with Crippen LogP contribution in [0.1, 0.15) is 63.4 Å². The van der Waals surface area contributed by atoms with E-state index in [1.54, 1.807) is 19.1 Å². The van der Waals surface area contributed by atoms with Crippen LogP contribution in [0.25, 0.3) is 0 Å². The number of aliphatic imine (C=N–C) groups is 1. The number of amides is 1. The predicted octanol–water partition coefficient (Wildman–Crippen LogP) is 4.70. The molecular weight excluding hydrogens is 338 g/mol. The minimum Gasteiger partial charge on any atom is -0.462 e. The van der Waals surface area contributed by atoms with Crippen LogP contribution < -0.4 is 0 Å². The minimum absolute atomic E-state index is 0.00806. The molecule has 0 saturated heterocycles. The summed E-state index contributed by atoms with van der Waals surface area (Å²) in [4.78, 5) is 28.9. The van der Waals surface area contributed by atoms with Gasteiger partial charge in [-0.1, -0.05) is 36.6 Å². The van der Waals surface area contributed by atoms with Crippen molar-refractivity contribution < 1.29 is 14.3 Å². The Kier molecular flexibility index (Phi) is 5.89. The van der Waals surface area contributed by atoms with Crippen LogP contribution in [-0.2, 0) is 14.3 Å². The van der Waals surface area contributed by atoms with Crippen LogP contribution in [0.3, 0.4) is 0 Å². The van der Waals surface area contributed by atoms with Gasteiger partial charge in [0, 0.05) is 23.1 Å². The van der Waals surface area contributed by atoms with Gasteiger partial charge in [0.25, 0.3) is 0 Å². The summed E-state index contributed by atoms with van der Waals surface area (Å²) < 4.78 is 5.83. The lowest BCUT2D eigenvalue weighted by molar-refractivity contribution is -0.153. The highest BCUT2D eigenvalue weighted by Crippen LogP contribution is 2.35. The molecule has 2 aliphatic rings. The zero-order valence-electron chi connectivity index (χ0n) is 14.5. The van der Waals surface area contributed by atoms with Crippen molar-refractivity contribution in [2.75, 3.05) is 0 Å². The van der Waals surface area contributed by atoms with Crippen molar-refractivity contribution in [2.24, 2.45) is 10.9 Å². The zero-order chi connectivity index (χ0) is 17.8. The second kappa shape index (κ2) is 8.13. The van der Waals surface area contributed by atoms with E-state index < -0.39 is 5.92 Å². The number of hydrogen-bond donors (Lipinski definition) is 0. The second-order valence-electron chi connectivity index (χ2n) is 7.04. The molecule has 0 spiro atoms. The highest BCUT2D eigenvalue weighted by atomic mass is 35.5. The summed E-state index contributed by atoms with van der Waals surface area (Å²) in [5.74, 6) is -1.17. The number of halogens is 1. The predicted molar refractivity (Wildman–Crippen MR) is 98.0 cm³/mol. The first kappa shape index (κ1) is 18.1. The monoisotopic (exact) mass is 361 g/mol. The molecule has 134 valence electrons. The molecule has 1 amide bonds. The van der Waals surface area contributed by atoms with Crippen molar-refractivity contribution in [1.29, 1.82) is 0 Å². The van der Waals surface area contributed by atoms with Gasteiger partial charge in [-0.05, 0) is 50.3 Å². The molecule has 0 aromatic heterocycles. The van der Waals surface area contributed by atoms with Gasteiger partial charge in [0.05, 0.1) is 0 Å². The summed E-state index contributed by atoms with van der Waals surface area (Å²) >= 11 is 5.97. The van der Waals surface area contributed by atoms with Crippen LogP contribution >= 0.6 is 11.6 Å². The van der Waals surface area contributed by atoms with E-state index in [4.69, 9.17) is 16.3 Å². The number of rotatable bonds is 3. The highest BCUT2D eigenvalue weighted by molar-refractivity contribution is 6.30. The van der Waals surface area contributed by atoms with Gasteiger partial charge in [-0.2, -0.15) is 0 Å². The molecule has 5 heteroatoms. The van der Waals surface area contributed by atoms with Crippen molar-refractivity contribution in [3.63, 3.8) is 0 Å². The van der Waals surface area contributed by atoms with Gasteiger partial charge < -0.3 is 4.74 Å². The van der Waals surface area contributed by atoms with Gasteiger partial charge in [0.1, 0.15) is 12.0 Å². The van der Waals surface area contributed by atoms with Crippen molar-refractivity contribution in [1.82, 2.24) is 0 Å². The van der Waals surface area contributed by atoms with Gasteiger partial charge in [-0.25, -0.2) is 4.99 Å². The van der Waals surface area contributed by atoms with Crippen LogP contribution in [-0.4, -0.2) is 23.7 Å². The fourth-order valence-electron chi connectivity index (χ4n) is 3.86. The topological polar surface area (TPSA) is 55.7 Å².